The Labute approximate surface area is 167 Å². The molecule has 2 aromatic heterocycles. The lowest BCUT2D eigenvalue weighted by atomic mass is 9.87. The van der Waals surface area contributed by atoms with Crippen LogP contribution >= 0.6 is 23.1 Å². The van der Waals surface area contributed by atoms with E-state index in [4.69, 9.17) is 4.98 Å². The number of benzene rings is 1. The number of aromatic nitrogens is 2. The summed E-state index contributed by atoms with van der Waals surface area (Å²) >= 11 is 3.29. The highest BCUT2D eigenvalue weighted by Gasteiger charge is 2.21. The molecule has 0 atom stereocenters. The molecule has 0 saturated heterocycles. The van der Waals surface area contributed by atoms with Crippen molar-refractivity contribution in [3.63, 3.8) is 0 Å². The predicted molar refractivity (Wildman–Crippen MR) is 119 cm³/mol. The largest absolute Gasteiger partial charge is 0.305 e. The molecule has 0 radical (unpaired) electrons. The second-order valence-corrected chi connectivity index (χ2v) is 9.97. The van der Waals surface area contributed by atoms with Crippen molar-refractivity contribution in [2.75, 3.05) is 6.26 Å². The Balaban J connectivity index is 1.74. The van der Waals surface area contributed by atoms with E-state index in [0.717, 1.165) is 39.9 Å². The second kappa shape index (κ2) is 6.95. The summed E-state index contributed by atoms with van der Waals surface area (Å²) in [7, 11) is 0. The zero-order chi connectivity index (χ0) is 19.2. The van der Waals surface area contributed by atoms with Gasteiger partial charge in [0.1, 0.15) is 10.7 Å². The van der Waals surface area contributed by atoms with Gasteiger partial charge in [0, 0.05) is 4.88 Å². The maximum Gasteiger partial charge on any atom is 0.260 e. The minimum atomic E-state index is -0.00238. The zero-order valence-electron chi connectivity index (χ0n) is 16.2. The Bertz CT molecular complexity index is 1080. The molecule has 1 aliphatic rings. The van der Waals surface area contributed by atoms with Crippen molar-refractivity contribution in [1.82, 2.24) is 9.97 Å². The van der Waals surface area contributed by atoms with Crippen LogP contribution in [0.15, 0.2) is 29.1 Å². The third-order valence-electron chi connectivity index (χ3n) is 5.10. The number of aryl methyl sites for hydroxylation is 2. The van der Waals surface area contributed by atoms with E-state index in [-0.39, 0.29) is 11.0 Å². The monoisotopic (exact) mass is 396 g/mol. The van der Waals surface area contributed by atoms with Gasteiger partial charge in [0.15, 0.2) is 0 Å². The fraction of sp³-hybridized carbons (Fsp3) is 0.364. The SMILES string of the molecule is CS/C(=C\c1ccc(C(C)(C)C)cc1)c1nc2sc3c(c2c(=O)[nH]1)CCC3. The quantitative estimate of drug-likeness (QED) is 0.624. The van der Waals surface area contributed by atoms with Crippen LogP contribution in [0, 0.1) is 0 Å². The van der Waals surface area contributed by atoms with Gasteiger partial charge >= 0.3 is 0 Å². The maximum absolute atomic E-state index is 12.7. The molecule has 5 heteroatoms. The Morgan fingerprint density at radius 2 is 1.96 bits per heavy atom. The van der Waals surface area contributed by atoms with E-state index in [9.17, 15) is 4.79 Å². The molecule has 0 spiro atoms. The first-order valence-corrected chi connectivity index (χ1v) is 11.3. The fourth-order valence-corrected chi connectivity index (χ4v) is 5.38. The predicted octanol–water partition coefficient (Wildman–Crippen LogP) is 5.63. The van der Waals surface area contributed by atoms with Crippen molar-refractivity contribution in [1.29, 1.82) is 0 Å². The number of nitrogens with zero attached hydrogens (tertiary/aromatic N) is 1. The van der Waals surface area contributed by atoms with Gasteiger partial charge in [-0.05, 0) is 53.7 Å². The van der Waals surface area contributed by atoms with Crippen molar-refractivity contribution < 1.29 is 0 Å². The van der Waals surface area contributed by atoms with E-state index < -0.39 is 0 Å². The fourth-order valence-electron chi connectivity index (χ4n) is 3.57. The number of hydrogen-bond acceptors (Lipinski definition) is 4. The van der Waals surface area contributed by atoms with Gasteiger partial charge in [0.25, 0.3) is 5.56 Å². The summed E-state index contributed by atoms with van der Waals surface area (Å²) in [6, 6.07) is 8.61. The summed E-state index contributed by atoms with van der Waals surface area (Å²) in [6.07, 6.45) is 7.36. The highest BCUT2D eigenvalue weighted by molar-refractivity contribution is 8.07. The van der Waals surface area contributed by atoms with Crippen molar-refractivity contribution in [3.8, 4) is 0 Å². The van der Waals surface area contributed by atoms with Crippen LogP contribution in [0.25, 0.3) is 21.2 Å². The van der Waals surface area contributed by atoms with Crippen molar-refractivity contribution in [3.05, 3.63) is 62.0 Å². The first-order valence-electron chi connectivity index (χ1n) is 9.28. The van der Waals surface area contributed by atoms with Crippen LogP contribution in [-0.2, 0) is 18.3 Å². The van der Waals surface area contributed by atoms with E-state index in [0.29, 0.717) is 5.82 Å². The molecular formula is C22H24N2OS2. The lowest BCUT2D eigenvalue weighted by molar-refractivity contribution is 0.590. The van der Waals surface area contributed by atoms with Gasteiger partial charge in [-0.3, -0.25) is 4.79 Å². The molecule has 1 N–H and O–H groups in total. The van der Waals surface area contributed by atoms with Gasteiger partial charge < -0.3 is 4.98 Å². The molecule has 27 heavy (non-hydrogen) atoms. The standard InChI is InChI=1S/C22H24N2OS2/c1-22(2,3)14-10-8-13(9-11-14)12-17(26-4)19-23-20(25)18-15-6-5-7-16(15)27-21(18)24-19/h8-12H,5-7H2,1-4H3,(H,23,24,25)/b17-12-. The van der Waals surface area contributed by atoms with Crippen LogP contribution in [-0.4, -0.2) is 16.2 Å². The van der Waals surface area contributed by atoms with Crippen LogP contribution in [0.2, 0.25) is 0 Å². The molecule has 1 aromatic carbocycles. The number of aromatic amines is 1. The van der Waals surface area contributed by atoms with E-state index in [2.05, 4.69) is 56.1 Å². The smallest absolute Gasteiger partial charge is 0.260 e. The third-order valence-corrected chi connectivity index (χ3v) is 7.04. The number of fused-ring (bicyclic) bond motifs is 3. The Kier molecular flexibility index (Phi) is 4.77. The zero-order valence-corrected chi connectivity index (χ0v) is 17.8. The first kappa shape index (κ1) is 18.5. The van der Waals surface area contributed by atoms with Gasteiger partial charge in [-0.25, -0.2) is 4.98 Å². The van der Waals surface area contributed by atoms with Gasteiger partial charge in [-0.1, -0.05) is 45.0 Å². The molecule has 0 unspecified atom stereocenters. The molecule has 3 nitrogen and oxygen atoms in total. The number of thiophene rings is 1. The number of H-pyrrole nitrogens is 1. The lowest BCUT2D eigenvalue weighted by Crippen LogP contribution is -2.11. The summed E-state index contributed by atoms with van der Waals surface area (Å²) in [5.74, 6) is 0.667. The van der Waals surface area contributed by atoms with E-state index >= 15 is 0 Å². The van der Waals surface area contributed by atoms with Crippen LogP contribution in [0.1, 0.15) is 54.6 Å². The Hall–Kier alpha value is -1.85. The van der Waals surface area contributed by atoms with Gasteiger partial charge in [0.05, 0.1) is 10.3 Å². The van der Waals surface area contributed by atoms with Crippen molar-refractivity contribution >= 4 is 44.3 Å². The van der Waals surface area contributed by atoms with Crippen LogP contribution in [0.5, 0.6) is 0 Å². The Morgan fingerprint density at radius 3 is 2.63 bits per heavy atom. The normalized spacial score (nSPS) is 14.7. The summed E-state index contributed by atoms with van der Waals surface area (Å²) in [5, 5.41) is 0.811. The number of nitrogens with one attached hydrogen (secondary N) is 1. The molecule has 0 amide bonds. The van der Waals surface area contributed by atoms with Crippen LogP contribution < -0.4 is 5.56 Å². The van der Waals surface area contributed by atoms with Crippen LogP contribution in [0.4, 0.5) is 0 Å². The number of hydrogen-bond donors (Lipinski definition) is 1. The lowest BCUT2D eigenvalue weighted by Gasteiger charge is -2.18. The molecule has 0 aliphatic heterocycles. The van der Waals surface area contributed by atoms with Gasteiger partial charge in [0.2, 0.25) is 0 Å². The van der Waals surface area contributed by atoms with E-state index in [1.54, 1.807) is 23.1 Å². The van der Waals surface area contributed by atoms with Crippen LogP contribution in [0.3, 0.4) is 0 Å². The van der Waals surface area contributed by atoms with E-state index in [1.165, 1.54) is 16.0 Å². The van der Waals surface area contributed by atoms with Gasteiger partial charge in [-0.2, -0.15) is 0 Å². The van der Waals surface area contributed by atoms with Crippen molar-refractivity contribution in [2.45, 2.75) is 45.4 Å². The minimum Gasteiger partial charge on any atom is -0.305 e. The van der Waals surface area contributed by atoms with E-state index in [1.807, 2.05) is 6.26 Å². The molecule has 140 valence electrons. The van der Waals surface area contributed by atoms with Crippen molar-refractivity contribution in [2.24, 2.45) is 0 Å². The average Bonchev–Trinajstić information content (AvgIpc) is 3.19. The summed E-state index contributed by atoms with van der Waals surface area (Å²) in [5.41, 5.74) is 3.79. The summed E-state index contributed by atoms with van der Waals surface area (Å²) in [6.45, 7) is 6.65. The number of thioether (sulfide) groups is 1. The maximum atomic E-state index is 12.7. The summed E-state index contributed by atoms with van der Waals surface area (Å²) < 4.78 is 0. The second-order valence-electron chi connectivity index (χ2n) is 8.04. The number of rotatable bonds is 3. The molecule has 3 aromatic rings. The molecule has 1 aliphatic carbocycles. The average molecular weight is 397 g/mol. The summed E-state index contributed by atoms with van der Waals surface area (Å²) in [4.78, 5) is 23.7. The third kappa shape index (κ3) is 3.50. The molecule has 4 rings (SSSR count). The minimum absolute atomic E-state index is 0.00238. The molecule has 2 heterocycles. The molecule has 0 bridgehead atoms. The topological polar surface area (TPSA) is 45.8 Å². The highest BCUT2D eigenvalue weighted by atomic mass is 32.2. The molecule has 0 fully saturated rings. The van der Waals surface area contributed by atoms with Gasteiger partial charge in [-0.15, -0.1) is 23.1 Å². The first-order chi connectivity index (χ1) is 12.9. The Morgan fingerprint density at radius 1 is 1.22 bits per heavy atom. The highest BCUT2D eigenvalue weighted by Crippen LogP contribution is 2.35. The molecule has 0 saturated carbocycles. The molecular weight excluding hydrogens is 372 g/mol.